The Bertz CT molecular complexity index is 1180. The van der Waals surface area contributed by atoms with E-state index in [4.69, 9.17) is 26.2 Å². The average molecular weight is 468 g/mol. The van der Waals surface area contributed by atoms with Gasteiger partial charge in [-0.1, -0.05) is 48.0 Å². The van der Waals surface area contributed by atoms with Gasteiger partial charge < -0.3 is 19.9 Å². The van der Waals surface area contributed by atoms with Crippen LogP contribution in [0.5, 0.6) is 5.75 Å². The zero-order valence-corrected chi connectivity index (χ0v) is 18.8. The van der Waals surface area contributed by atoms with Crippen LogP contribution in [0.2, 0.25) is 5.02 Å². The summed E-state index contributed by atoms with van der Waals surface area (Å²) in [6.45, 7) is 0. The number of nitrogens with one attached hydrogen (secondary N) is 1. The first-order chi connectivity index (χ1) is 15.8. The third-order valence-corrected chi connectivity index (χ3v) is 5.36. The largest absolute Gasteiger partial charge is 0.497 e. The second-order valence-electron chi connectivity index (χ2n) is 7.18. The first-order valence-electron chi connectivity index (χ1n) is 9.97. The van der Waals surface area contributed by atoms with Crippen molar-refractivity contribution in [2.45, 2.75) is 12.5 Å². The monoisotopic (exact) mass is 467 g/mol. The Hall–Kier alpha value is -3.84. The molecule has 7 nitrogen and oxygen atoms in total. The lowest BCUT2D eigenvalue weighted by Crippen LogP contribution is -2.43. The lowest BCUT2D eigenvalue weighted by molar-refractivity contribution is -0.142. The molecule has 0 aromatic heterocycles. The van der Waals surface area contributed by atoms with Crippen LogP contribution in [-0.4, -0.2) is 43.2 Å². The Kier molecular flexibility index (Phi) is 7.69. The van der Waals surface area contributed by atoms with Crippen molar-refractivity contribution in [3.63, 3.8) is 0 Å². The fraction of sp³-hybridized carbons (Fsp3) is 0.160. The second-order valence-corrected chi connectivity index (χ2v) is 7.59. The molecule has 0 saturated heterocycles. The molecule has 2 N–H and O–H groups in total. The van der Waals surface area contributed by atoms with Crippen LogP contribution in [0.3, 0.4) is 0 Å². The maximum atomic E-state index is 12.7. The fourth-order valence-electron chi connectivity index (χ4n) is 3.28. The number of esters is 1. The van der Waals surface area contributed by atoms with Crippen LogP contribution < -0.4 is 10.1 Å². The molecule has 0 bridgehead atoms. The van der Waals surface area contributed by atoms with Crippen LogP contribution in [0.1, 0.15) is 26.3 Å². The van der Waals surface area contributed by atoms with Crippen molar-refractivity contribution in [2.24, 2.45) is 0 Å². The van der Waals surface area contributed by atoms with Crippen molar-refractivity contribution >= 4 is 29.4 Å². The van der Waals surface area contributed by atoms with Gasteiger partial charge in [0, 0.05) is 6.42 Å². The number of methoxy groups -OCH3 is 2. The number of rotatable bonds is 8. The molecule has 33 heavy (non-hydrogen) atoms. The number of carboxylic acid groups (broad SMARTS) is 1. The lowest BCUT2D eigenvalue weighted by Gasteiger charge is -2.17. The van der Waals surface area contributed by atoms with E-state index in [1.54, 1.807) is 7.11 Å². The van der Waals surface area contributed by atoms with E-state index in [0.29, 0.717) is 0 Å². The highest BCUT2D eigenvalue weighted by Gasteiger charge is 2.24. The SMILES string of the molecule is COC(=O)[C@H](Cc1ccc(-c2cccc(OC)c2)cc1)NC(=O)c1ccc(C(=O)O)cc1Cl. The first-order valence-corrected chi connectivity index (χ1v) is 10.3. The predicted molar refractivity (Wildman–Crippen MR) is 124 cm³/mol. The molecule has 3 rings (SSSR count). The van der Waals surface area contributed by atoms with E-state index in [1.807, 2.05) is 48.5 Å². The molecule has 0 aliphatic heterocycles. The Morgan fingerprint density at radius 2 is 1.70 bits per heavy atom. The third kappa shape index (κ3) is 5.90. The lowest BCUT2D eigenvalue weighted by atomic mass is 10.00. The number of carboxylic acids is 1. The van der Waals surface area contributed by atoms with Crippen LogP contribution in [0, 0.1) is 0 Å². The minimum absolute atomic E-state index is 0.0290. The fourth-order valence-corrected chi connectivity index (χ4v) is 3.54. The summed E-state index contributed by atoms with van der Waals surface area (Å²) in [6, 6.07) is 18.0. The van der Waals surface area contributed by atoms with Gasteiger partial charge in [0.25, 0.3) is 5.91 Å². The summed E-state index contributed by atoms with van der Waals surface area (Å²) in [5.41, 5.74) is 2.78. The van der Waals surface area contributed by atoms with Crippen molar-refractivity contribution in [3.05, 3.63) is 88.4 Å². The molecule has 1 atom stereocenters. The molecule has 0 radical (unpaired) electrons. The quantitative estimate of drug-likeness (QED) is 0.481. The molecule has 0 spiro atoms. The summed E-state index contributed by atoms with van der Waals surface area (Å²) >= 11 is 6.07. The molecule has 0 unspecified atom stereocenters. The number of aromatic carboxylic acids is 1. The Morgan fingerprint density at radius 3 is 2.30 bits per heavy atom. The van der Waals surface area contributed by atoms with Gasteiger partial charge in [-0.15, -0.1) is 0 Å². The number of hydrogen-bond acceptors (Lipinski definition) is 5. The topological polar surface area (TPSA) is 102 Å². The number of benzene rings is 3. The van der Waals surface area contributed by atoms with Crippen LogP contribution in [-0.2, 0) is 16.0 Å². The summed E-state index contributed by atoms with van der Waals surface area (Å²) < 4.78 is 10.1. The molecule has 3 aromatic carbocycles. The smallest absolute Gasteiger partial charge is 0.335 e. The van der Waals surface area contributed by atoms with Crippen LogP contribution >= 0.6 is 11.6 Å². The van der Waals surface area contributed by atoms with Gasteiger partial charge >= 0.3 is 11.9 Å². The van der Waals surface area contributed by atoms with Gasteiger partial charge in [0.1, 0.15) is 11.8 Å². The highest BCUT2D eigenvalue weighted by molar-refractivity contribution is 6.34. The molecular formula is C25H22ClNO6. The van der Waals surface area contributed by atoms with Crippen LogP contribution in [0.15, 0.2) is 66.7 Å². The summed E-state index contributed by atoms with van der Waals surface area (Å²) in [4.78, 5) is 36.1. The van der Waals surface area contributed by atoms with Crippen molar-refractivity contribution < 1.29 is 29.0 Å². The Balaban J connectivity index is 1.76. The van der Waals surface area contributed by atoms with Crippen molar-refractivity contribution in [1.29, 1.82) is 0 Å². The zero-order chi connectivity index (χ0) is 24.0. The van der Waals surface area contributed by atoms with E-state index >= 15 is 0 Å². The van der Waals surface area contributed by atoms with Crippen LogP contribution in [0.4, 0.5) is 0 Å². The average Bonchev–Trinajstić information content (AvgIpc) is 2.83. The third-order valence-electron chi connectivity index (χ3n) is 5.05. The highest BCUT2D eigenvalue weighted by Crippen LogP contribution is 2.24. The number of carbonyl (C=O) groups excluding carboxylic acids is 2. The second kappa shape index (κ2) is 10.7. The normalized spacial score (nSPS) is 11.4. The molecule has 0 aliphatic carbocycles. The van der Waals surface area contributed by atoms with Gasteiger partial charge in [-0.05, 0) is 47.0 Å². The van der Waals surface area contributed by atoms with E-state index in [0.717, 1.165) is 22.4 Å². The summed E-state index contributed by atoms with van der Waals surface area (Å²) in [5.74, 6) is -1.63. The number of hydrogen-bond donors (Lipinski definition) is 2. The number of ether oxygens (including phenoxy) is 2. The number of amides is 1. The van der Waals surface area contributed by atoms with Gasteiger partial charge in [0.2, 0.25) is 0 Å². The van der Waals surface area contributed by atoms with Gasteiger partial charge in [0.15, 0.2) is 0 Å². The molecule has 8 heteroatoms. The molecule has 170 valence electrons. The van der Waals surface area contributed by atoms with Crippen molar-refractivity contribution in [1.82, 2.24) is 5.32 Å². The van der Waals surface area contributed by atoms with Crippen LogP contribution in [0.25, 0.3) is 11.1 Å². The molecule has 1 amide bonds. The zero-order valence-electron chi connectivity index (χ0n) is 18.0. The van der Waals surface area contributed by atoms with E-state index in [2.05, 4.69) is 5.32 Å². The first kappa shape index (κ1) is 23.8. The summed E-state index contributed by atoms with van der Waals surface area (Å²) in [6.07, 6.45) is 0.196. The number of carbonyl (C=O) groups is 3. The Labute approximate surface area is 195 Å². The predicted octanol–water partition coefficient (Wildman–Crippen LogP) is 4.23. The molecule has 0 saturated carbocycles. The molecule has 0 aliphatic rings. The van der Waals surface area contributed by atoms with E-state index in [9.17, 15) is 14.4 Å². The van der Waals surface area contributed by atoms with Gasteiger partial charge in [-0.2, -0.15) is 0 Å². The standard InChI is InChI=1S/C25H22ClNO6/c1-32-19-5-3-4-17(13-19)16-8-6-15(7-9-16)12-22(25(31)33-2)27-23(28)20-11-10-18(24(29)30)14-21(20)26/h3-11,13-14,22H,12H2,1-2H3,(H,27,28)(H,29,30)/t22-/m0/s1. The number of halogens is 1. The van der Waals surface area contributed by atoms with Gasteiger partial charge in [0.05, 0.1) is 30.4 Å². The van der Waals surface area contributed by atoms with E-state index in [1.165, 1.54) is 25.3 Å². The minimum atomic E-state index is -1.16. The Morgan fingerprint density at radius 1 is 0.970 bits per heavy atom. The molecular weight excluding hydrogens is 446 g/mol. The maximum Gasteiger partial charge on any atom is 0.335 e. The molecule has 3 aromatic rings. The summed E-state index contributed by atoms with van der Waals surface area (Å²) in [5, 5.41) is 11.6. The maximum absolute atomic E-state index is 12.7. The van der Waals surface area contributed by atoms with Gasteiger partial charge in [-0.25, -0.2) is 9.59 Å². The van der Waals surface area contributed by atoms with Crippen molar-refractivity contribution in [2.75, 3.05) is 14.2 Å². The van der Waals surface area contributed by atoms with E-state index in [-0.39, 0.29) is 22.6 Å². The minimum Gasteiger partial charge on any atom is -0.497 e. The highest BCUT2D eigenvalue weighted by atomic mass is 35.5. The van der Waals surface area contributed by atoms with Crippen molar-refractivity contribution in [3.8, 4) is 16.9 Å². The molecule has 0 fully saturated rings. The van der Waals surface area contributed by atoms with Gasteiger partial charge in [-0.3, -0.25) is 4.79 Å². The van der Waals surface area contributed by atoms with E-state index < -0.39 is 23.9 Å². The molecule has 0 heterocycles. The summed E-state index contributed by atoms with van der Waals surface area (Å²) in [7, 11) is 2.85.